The Morgan fingerprint density at radius 1 is 1.54 bits per heavy atom. The van der Waals surface area contributed by atoms with E-state index < -0.39 is 0 Å². The van der Waals surface area contributed by atoms with E-state index in [4.69, 9.17) is 4.74 Å². The molecule has 0 bridgehead atoms. The van der Waals surface area contributed by atoms with Gasteiger partial charge in [0.1, 0.15) is 0 Å². The lowest BCUT2D eigenvalue weighted by molar-refractivity contribution is -0.132. The van der Waals surface area contributed by atoms with Crippen LogP contribution < -0.4 is 0 Å². The van der Waals surface area contributed by atoms with Crippen LogP contribution in [0.5, 0.6) is 0 Å². The van der Waals surface area contributed by atoms with Crippen LogP contribution in [0.1, 0.15) is 17.5 Å². The number of aromatic nitrogens is 2. The van der Waals surface area contributed by atoms with E-state index in [1.165, 1.54) is 0 Å². The van der Waals surface area contributed by atoms with E-state index >= 15 is 0 Å². The molecule has 6 heteroatoms. The van der Waals surface area contributed by atoms with Gasteiger partial charge in [-0.2, -0.15) is 16.4 Å². The van der Waals surface area contributed by atoms with E-state index in [2.05, 4.69) is 11.7 Å². The average Bonchev–Trinajstić information content (AvgIpc) is 3.28. The second kappa shape index (κ2) is 7.77. The minimum Gasteiger partial charge on any atom is -0.372 e. The van der Waals surface area contributed by atoms with Gasteiger partial charge in [-0.3, -0.25) is 9.48 Å². The Balaban J connectivity index is 1.72. The normalized spacial score (nSPS) is 20.5. The zero-order valence-electron chi connectivity index (χ0n) is 13.9. The molecule has 1 aliphatic heterocycles. The van der Waals surface area contributed by atoms with Crippen LogP contribution in [0.2, 0.25) is 0 Å². The van der Waals surface area contributed by atoms with Crippen LogP contribution in [0.25, 0.3) is 0 Å². The third kappa shape index (κ3) is 3.94. The summed E-state index contributed by atoms with van der Waals surface area (Å²) in [5, 5.41) is 8.28. The van der Waals surface area contributed by atoms with Gasteiger partial charge in [0.25, 0.3) is 0 Å². The lowest BCUT2D eigenvalue weighted by atomic mass is 10.0. The molecular formula is C18H23N3O2S. The number of ether oxygens (including phenoxy) is 1. The molecule has 3 heterocycles. The van der Waals surface area contributed by atoms with Crippen molar-refractivity contribution in [1.82, 2.24) is 14.7 Å². The number of likely N-dealkylation sites (tertiary alicyclic amines) is 1. The highest BCUT2D eigenvalue weighted by atomic mass is 32.1. The lowest BCUT2D eigenvalue weighted by Gasteiger charge is -2.28. The molecule has 0 unspecified atom stereocenters. The van der Waals surface area contributed by atoms with Crippen molar-refractivity contribution in [3.63, 3.8) is 0 Å². The van der Waals surface area contributed by atoms with Crippen LogP contribution in [0.4, 0.5) is 0 Å². The van der Waals surface area contributed by atoms with Gasteiger partial charge in [0.2, 0.25) is 5.91 Å². The van der Waals surface area contributed by atoms with Gasteiger partial charge in [0.15, 0.2) is 0 Å². The molecule has 0 aromatic carbocycles. The van der Waals surface area contributed by atoms with Gasteiger partial charge in [0, 0.05) is 19.8 Å². The van der Waals surface area contributed by atoms with Gasteiger partial charge in [-0.1, -0.05) is 6.08 Å². The lowest BCUT2D eigenvalue weighted by Crippen LogP contribution is -2.42. The quantitative estimate of drug-likeness (QED) is 0.724. The molecule has 1 fully saturated rings. The van der Waals surface area contributed by atoms with E-state index in [9.17, 15) is 4.79 Å². The summed E-state index contributed by atoms with van der Waals surface area (Å²) >= 11 is 1.62. The second-order valence-electron chi connectivity index (χ2n) is 6.14. The molecule has 0 N–H and O–H groups in total. The number of carbonyl (C=O) groups is 1. The number of carbonyl (C=O) groups excluding carboxylic acids is 1. The SMILES string of the molecule is C=CCO[C@@H]1CCN(C(=O)Cc2ccsc2)[C@H]1Cc1cnn(C)c1. The first-order valence-electron chi connectivity index (χ1n) is 8.18. The van der Waals surface area contributed by atoms with Crippen molar-refractivity contribution in [3.05, 3.63) is 53.0 Å². The fourth-order valence-electron chi connectivity index (χ4n) is 3.25. The maximum atomic E-state index is 12.8. The summed E-state index contributed by atoms with van der Waals surface area (Å²) in [5.41, 5.74) is 2.21. The first kappa shape index (κ1) is 16.9. The van der Waals surface area contributed by atoms with Crippen LogP contribution in [0.3, 0.4) is 0 Å². The highest BCUT2D eigenvalue weighted by Gasteiger charge is 2.37. The molecule has 24 heavy (non-hydrogen) atoms. The summed E-state index contributed by atoms with van der Waals surface area (Å²) < 4.78 is 7.72. The topological polar surface area (TPSA) is 47.4 Å². The molecular weight excluding hydrogens is 322 g/mol. The largest absolute Gasteiger partial charge is 0.372 e. The van der Waals surface area contributed by atoms with Gasteiger partial charge in [-0.25, -0.2) is 0 Å². The summed E-state index contributed by atoms with van der Waals surface area (Å²) in [5.74, 6) is 0.173. The third-order valence-electron chi connectivity index (χ3n) is 4.37. The monoisotopic (exact) mass is 345 g/mol. The first-order valence-corrected chi connectivity index (χ1v) is 9.12. The fraction of sp³-hybridized carbons (Fsp3) is 0.444. The Bertz CT molecular complexity index is 680. The molecule has 1 amide bonds. The summed E-state index contributed by atoms with van der Waals surface area (Å²) in [6.45, 7) is 4.98. The molecule has 1 saturated heterocycles. The van der Waals surface area contributed by atoms with Crippen molar-refractivity contribution >= 4 is 17.2 Å². The van der Waals surface area contributed by atoms with Crippen LogP contribution in [0.15, 0.2) is 41.9 Å². The predicted octanol–water partition coefficient (Wildman–Crippen LogP) is 2.44. The standard InChI is InChI=1S/C18H23N3O2S/c1-3-7-23-17-4-6-21(18(22)10-14-5-8-24-13-14)16(17)9-15-11-19-20(2)12-15/h3,5,8,11-13,16-17H,1,4,6-7,9-10H2,2H3/t16-,17+/m0/s1. The highest BCUT2D eigenvalue weighted by Crippen LogP contribution is 2.25. The minimum absolute atomic E-state index is 0.0506. The Hall–Kier alpha value is -1.92. The molecule has 2 aromatic heterocycles. The van der Waals surface area contributed by atoms with Crippen LogP contribution in [-0.2, 0) is 29.4 Å². The number of amides is 1. The maximum Gasteiger partial charge on any atom is 0.227 e. The summed E-state index contributed by atoms with van der Waals surface area (Å²) in [4.78, 5) is 14.8. The second-order valence-corrected chi connectivity index (χ2v) is 6.92. The summed E-state index contributed by atoms with van der Waals surface area (Å²) in [6.07, 6.45) is 7.78. The maximum absolute atomic E-state index is 12.8. The Labute approximate surface area is 146 Å². The van der Waals surface area contributed by atoms with Crippen LogP contribution in [-0.4, -0.2) is 45.9 Å². The molecule has 128 valence electrons. The van der Waals surface area contributed by atoms with E-state index in [1.807, 2.05) is 41.2 Å². The van der Waals surface area contributed by atoms with Gasteiger partial charge in [0.05, 0.1) is 31.4 Å². The molecule has 1 aliphatic rings. The Morgan fingerprint density at radius 3 is 3.08 bits per heavy atom. The Morgan fingerprint density at radius 2 is 2.42 bits per heavy atom. The van der Waals surface area contributed by atoms with Crippen LogP contribution >= 0.6 is 11.3 Å². The van der Waals surface area contributed by atoms with E-state index in [0.29, 0.717) is 13.0 Å². The summed E-state index contributed by atoms with van der Waals surface area (Å²) in [6, 6.07) is 2.07. The van der Waals surface area contributed by atoms with E-state index in [-0.39, 0.29) is 18.1 Å². The third-order valence-corrected chi connectivity index (χ3v) is 5.10. The van der Waals surface area contributed by atoms with Crippen LogP contribution in [0, 0.1) is 0 Å². The number of hydrogen-bond acceptors (Lipinski definition) is 4. The number of aryl methyl sites for hydroxylation is 1. The molecule has 3 rings (SSSR count). The molecule has 0 radical (unpaired) electrons. The van der Waals surface area contributed by atoms with Crippen molar-refractivity contribution in [2.45, 2.75) is 31.4 Å². The number of nitrogens with zero attached hydrogens (tertiary/aromatic N) is 3. The Kier molecular flexibility index (Phi) is 5.48. The van der Waals surface area contributed by atoms with Gasteiger partial charge >= 0.3 is 0 Å². The average molecular weight is 345 g/mol. The van der Waals surface area contributed by atoms with Gasteiger partial charge in [-0.15, -0.1) is 6.58 Å². The molecule has 0 aliphatic carbocycles. The number of hydrogen-bond donors (Lipinski definition) is 0. The van der Waals surface area contributed by atoms with Crippen molar-refractivity contribution in [2.24, 2.45) is 7.05 Å². The van der Waals surface area contributed by atoms with E-state index in [0.717, 1.165) is 30.5 Å². The van der Waals surface area contributed by atoms with Gasteiger partial charge < -0.3 is 9.64 Å². The molecule has 0 saturated carbocycles. The van der Waals surface area contributed by atoms with Crippen molar-refractivity contribution in [2.75, 3.05) is 13.2 Å². The molecule has 5 nitrogen and oxygen atoms in total. The zero-order chi connectivity index (χ0) is 16.9. The minimum atomic E-state index is 0.0506. The first-order chi connectivity index (χ1) is 11.7. The molecule has 0 spiro atoms. The zero-order valence-corrected chi connectivity index (χ0v) is 14.7. The fourth-order valence-corrected chi connectivity index (χ4v) is 3.92. The van der Waals surface area contributed by atoms with Crippen molar-refractivity contribution in [3.8, 4) is 0 Å². The molecule has 2 aromatic rings. The summed E-state index contributed by atoms with van der Waals surface area (Å²) in [7, 11) is 1.91. The highest BCUT2D eigenvalue weighted by molar-refractivity contribution is 7.07. The van der Waals surface area contributed by atoms with Crippen molar-refractivity contribution < 1.29 is 9.53 Å². The predicted molar refractivity (Wildman–Crippen MR) is 95.0 cm³/mol. The number of rotatable bonds is 7. The molecule has 2 atom stereocenters. The van der Waals surface area contributed by atoms with Gasteiger partial charge in [-0.05, 0) is 40.8 Å². The smallest absolute Gasteiger partial charge is 0.227 e. The number of thiophene rings is 1. The van der Waals surface area contributed by atoms with Crippen molar-refractivity contribution in [1.29, 1.82) is 0 Å². The van der Waals surface area contributed by atoms with E-state index in [1.54, 1.807) is 22.1 Å².